The van der Waals surface area contributed by atoms with Gasteiger partial charge in [0.25, 0.3) is 0 Å². The smallest absolute Gasteiger partial charge is 0.207 e. The average Bonchev–Trinajstić information content (AvgIpc) is 2.54. The second-order valence-electron chi connectivity index (χ2n) is 5.38. The Labute approximate surface area is 144 Å². The van der Waals surface area contributed by atoms with Crippen LogP contribution in [-0.4, -0.2) is 8.42 Å². The highest BCUT2D eigenvalue weighted by molar-refractivity contribution is 9.10. The molecule has 0 aliphatic heterocycles. The molecule has 1 atom stereocenters. The van der Waals surface area contributed by atoms with Crippen LogP contribution in [0.3, 0.4) is 0 Å². The number of halogens is 1. The SMILES string of the molecule is CC(NS(=O)(=O)c1ccccc1Br)c1ccc2ccccc2c1. The van der Waals surface area contributed by atoms with Crippen LogP contribution in [0, 0.1) is 0 Å². The topological polar surface area (TPSA) is 46.2 Å². The van der Waals surface area contributed by atoms with Crippen molar-refractivity contribution in [2.24, 2.45) is 0 Å². The Balaban J connectivity index is 1.90. The summed E-state index contributed by atoms with van der Waals surface area (Å²) in [4.78, 5) is 0.243. The van der Waals surface area contributed by atoms with E-state index in [1.54, 1.807) is 24.3 Å². The zero-order valence-corrected chi connectivity index (χ0v) is 14.9. The molecule has 3 rings (SSSR count). The maximum atomic E-state index is 12.6. The zero-order chi connectivity index (χ0) is 16.4. The Morgan fingerprint density at radius 3 is 2.30 bits per heavy atom. The van der Waals surface area contributed by atoms with Gasteiger partial charge >= 0.3 is 0 Å². The van der Waals surface area contributed by atoms with E-state index < -0.39 is 10.0 Å². The third kappa shape index (κ3) is 3.47. The predicted octanol–water partition coefficient (Wildman–Crippen LogP) is 4.64. The summed E-state index contributed by atoms with van der Waals surface area (Å²) < 4.78 is 28.4. The van der Waals surface area contributed by atoms with E-state index in [0.29, 0.717) is 4.47 Å². The van der Waals surface area contributed by atoms with Gasteiger partial charge in [-0.25, -0.2) is 13.1 Å². The minimum atomic E-state index is -3.59. The largest absolute Gasteiger partial charge is 0.242 e. The van der Waals surface area contributed by atoms with Gasteiger partial charge in [0.15, 0.2) is 0 Å². The summed E-state index contributed by atoms with van der Waals surface area (Å²) in [5.41, 5.74) is 0.930. The number of rotatable bonds is 4. The molecule has 0 saturated carbocycles. The highest BCUT2D eigenvalue weighted by Gasteiger charge is 2.20. The maximum absolute atomic E-state index is 12.6. The molecule has 1 unspecified atom stereocenters. The molecule has 0 fully saturated rings. The molecule has 0 aromatic heterocycles. The van der Waals surface area contributed by atoms with Gasteiger partial charge < -0.3 is 0 Å². The molecule has 0 heterocycles. The Morgan fingerprint density at radius 2 is 1.57 bits per heavy atom. The summed E-state index contributed by atoms with van der Waals surface area (Å²) in [6, 6.07) is 20.5. The van der Waals surface area contributed by atoms with Crippen molar-refractivity contribution in [2.75, 3.05) is 0 Å². The van der Waals surface area contributed by atoms with Crippen molar-refractivity contribution in [1.82, 2.24) is 4.72 Å². The summed E-state index contributed by atoms with van der Waals surface area (Å²) >= 11 is 3.29. The van der Waals surface area contributed by atoms with E-state index in [-0.39, 0.29) is 10.9 Å². The second-order valence-corrected chi connectivity index (χ2v) is 7.92. The summed E-state index contributed by atoms with van der Waals surface area (Å²) in [5, 5.41) is 2.23. The van der Waals surface area contributed by atoms with Gasteiger partial charge in [0.1, 0.15) is 0 Å². The fourth-order valence-corrected chi connectivity index (χ4v) is 4.74. The molecule has 118 valence electrons. The molecule has 0 saturated heterocycles. The van der Waals surface area contributed by atoms with Crippen LogP contribution in [0.5, 0.6) is 0 Å². The van der Waals surface area contributed by atoms with Gasteiger partial charge in [0, 0.05) is 10.5 Å². The van der Waals surface area contributed by atoms with Crippen molar-refractivity contribution < 1.29 is 8.42 Å². The van der Waals surface area contributed by atoms with Gasteiger partial charge in [-0.3, -0.25) is 0 Å². The lowest BCUT2D eigenvalue weighted by atomic mass is 10.0. The second kappa shape index (κ2) is 6.43. The molecule has 3 aromatic carbocycles. The first-order valence-corrected chi connectivity index (χ1v) is 9.50. The highest BCUT2D eigenvalue weighted by atomic mass is 79.9. The fourth-order valence-electron chi connectivity index (χ4n) is 2.50. The van der Waals surface area contributed by atoms with Crippen LogP contribution in [0.15, 0.2) is 76.1 Å². The molecule has 1 N–H and O–H groups in total. The summed E-state index contributed by atoms with van der Waals surface area (Å²) in [6.45, 7) is 1.85. The van der Waals surface area contributed by atoms with E-state index >= 15 is 0 Å². The Hall–Kier alpha value is -1.69. The lowest BCUT2D eigenvalue weighted by Gasteiger charge is -2.16. The van der Waals surface area contributed by atoms with Gasteiger partial charge in [0.05, 0.1) is 4.90 Å². The molecule has 5 heteroatoms. The molecule has 0 bridgehead atoms. The van der Waals surface area contributed by atoms with Crippen LogP contribution in [0.4, 0.5) is 0 Å². The molecule has 0 aliphatic rings. The molecule has 3 nitrogen and oxygen atoms in total. The van der Waals surface area contributed by atoms with Gasteiger partial charge in [-0.1, -0.05) is 48.5 Å². The number of sulfonamides is 1. The van der Waals surface area contributed by atoms with E-state index in [4.69, 9.17) is 0 Å². The van der Waals surface area contributed by atoms with E-state index in [9.17, 15) is 8.42 Å². The van der Waals surface area contributed by atoms with E-state index in [0.717, 1.165) is 16.3 Å². The zero-order valence-electron chi connectivity index (χ0n) is 12.5. The van der Waals surface area contributed by atoms with Crippen molar-refractivity contribution in [3.8, 4) is 0 Å². The summed E-state index contributed by atoms with van der Waals surface area (Å²) in [5.74, 6) is 0. The molecule has 23 heavy (non-hydrogen) atoms. The minimum absolute atomic E-state index is 0.243. The minimum Gasteiger partial charge on any atom is -0.207 e. The fraction of sp³-hybridized carbons (Fsp3) is 0.111. The first kappa shape index (κ1) is 16.2. The molecular formula is C18H16BrNO2S. The van der Waals surface area contributed by atoms with Gasteiger partial charge in [-0.15, -0.1) is 0 Å². The van der Waals surface area contributed by atoms with Crippen molar-refractivity contribution in [3.63, 3.8) is 0 Å². The first-order chi connectivity index (χ1) is 11.0. The van der Waals surface area contributed by atoms with Crippen molar-refractivity contribution in [2.45, 2.75) is 17.9 Å². The van der Waals surface area contributed by atoms with E-state index in [1.807, 2.05) is 49.4 Å². The number of fused-ring (bicyclic) bond motifs is 1. The normalized spacial score (nSPS) is 13.1. The Bertz CT molecular complexity index is 954. The highest BCUT2D eigenvalue weighted by Crippen LogP contribution is 2.25. The van der Waals surface area contributed by atoms with E-state index in [2.05, 4.69) is 20.7 Å². The van der Waals surface area contributed by atoms with Crippen LogP contribution < -0.4 is 4.72 Å². The van der Waals surface area contributed by atoms with Gasteiger partial charge in [-0.05, 0) is 57.4 Å². The number of hydrogen-bond donors (Lipinski definition) is 1. The standard InChI is InChI=1S/C18H16BrNO2S/c1-13(15-11-10-14-6-2-3-7-16(14)12-15)20-23(21,22)18-9-5-4-8-17(18)19/h2-13,20H,1H3. The summed E-state index contributed by atoms with van der Waals surface area (Å²) in [7, 11) is -3.59. The molecule has 0 aliphatic carbocycles. The Morgan fingerprint density at radius 1 is 0.913 bits per heavy atom. The number of benzene rings is 3. The maximum Gasteiger partial charge on any atom is 0.242 e. The molecule has 0 amide bonds. The van der Waals surface area contributed by atoms with Crippen molar-refractivity contribution >= 4 is 36.7 Å². The van der Waals surface area contributed by atoms with Crippen molar-refractivity contribution in [3.05, 3.63) is 76.8 Å². The lowest BCUT2D eigenvalue weighted by molar-refractivity contribution is 0.566. The lowest BCUT2D eigenvalue weighted by Crippen LogP contribution is -2.27. The Kier molecular flexibility index (Phi) is 4.53. The van der Waals surface area contributed by atoms with E-state index in [1.165, 1.54) is 0 Å². The number of nitrogens with one attached hydrogen (secondary N) is 1. The van der Waals surface area contributed by atoms with Crippen LogP contribution in [0.1, 0.15) is 18.5 Å². The average molecular weight is 390 g/mol. The van der Waals surface area contributed by atoms with Gasteiger partial charge in [-0.2, -0.15) is 0 Å². The first-order valence-electron chi connectivity index (χ1n) is 7.23. The molecule has 3 aromatic rings. The van der Waals surface area contributed by atoms with Crippen LogP contribution in [-0.2, 0) is 10.0 Å². The summed E-state index contributed by atoms with van der Waals surface area (Å²) in [6.07, 6.45) is 0. The predicted molar refractivity (Wildman–Crippen MR) is 96.8 cm³/mol. The van der Waals surface area contributed by atoms with Crippen LogP contribution in [0.2, 0.25) is 0 Å². The third-order valence-corrected chi connectivity index (χ3v) is 6.28. The van der Waals surface area contributed by atoms with Crippen LogP contribution in [0.25, 0.3) is 10.8 Å². The molecule has 0 radical (unpaired) electrons. The van der Waals surface area contributed by atoms with Crippen molar-refractivity contribution in [1.29, 1.82) is 0 Å². The quantitative estimate of drug-likeness (QED) is 0.706. The van der Waals surface area contributed by atoms with Crippen LogP contribution >= 0.6 is 15.9 Å². The molecular weight excluding hydrogens is 374 g/mol. The monoisotopic (exact) mass is 389 g/mol. The number of hydrogen-bond acceptors (Lipinski definition) is 2. The molecule has 0 spiro atoms. The third-order valence-electron chi connectivity index (χ3n) is 3.73. The van der Waals surface area contributed by atoms with Gasteiger partial charge in [0.2, 0.25) is 10.0 Å².